The molecule has 0 spiro atoms. The van der Waals surface area contributed by atoms with Crippen molar-refractivity contribution in [3.05, 3.63) is 0 Å². The van der Waals surface area contributed by atoms with Gasteiger partial charge in [-0.05, 0) is 18.8 Å². The number of amides is 2. The normalized spacial score (nSPS) is 24.4. The van der Waals surface area contributed by atoms with Crippen molar-refractivity contribution in [3.8, 4) is 0 Å². The molecule has 1 N–H and O–H groups in total. The molecule has 1 saturated carbocycles. The standard InChI is InChI=1S/C14H24N2O4/c1-15(9-11-5-3-2-4-6-11)14(19)16-7-8-20-10-12(16)13(17)18/h11-12H,2-10H2,1H3,(H,17,18). The van der Waals surface area contributed by atoms with Gasteiger partial charge < -0.3 is 19.6 Å². The van der Waals surface area contributed by atoms with E-state index in [0.717, 1.165) is 6.54 Å². The number of carboxylic acids is 1. The first-order valence-electron chi connectivity index (χ1n) is 7.42. The number of hydrogen-bond donors (Lipinski definition) is 1. The predicted octanol–water partition coefficient (Wildman–Crippen LogP) is 1.40. The van der Waals surface area contributed by atoms with Crippen LogP contribution in [0, 0.1) is 5.92 Å². The molecule has 6 nitrogen and oxygen atoms in total. The molecule has 114 valence electrons. The topological polar surface area (TPSA) is 70.1 Å². The number of rotatable bonds is 3. The lowest BCUT2D eigenvalue weighted by atomic mass is 9.89. The summed E-state index contributed by atoms with van der Waals surface area (Å²) >= 11 is 0. The van der Waals surface area contributed by atoms with E-state index in [2.05, 4.69) is 0 Å². The Labute approximate surface area is 119 Å². The minimum atomic E-state index is -0.996. The molecule has 1 unspecified atom stereocenters. The SMILES string of the molecule is CN(CC1CCCCC1)C(=O)N1CCOCC1C(=O)O. The van der Waals surface area contributed by atoms with E-state index in [1.165, 1.54) is 37.0 Å². The highest BCUT2D eigenvalue weighted by atomic mass is 16.5. The average Bonchev–Trinajstić information content (AvgIpc) is 2.47. The van der Waals surface area contributed by atoms with Crippen molar-refractivity contribution in [2.45, 2.75) is 38.1 Å². The highest BCUT2D eigenvalue weighted by molar-refractivity contribution is 5.83. The zero-order valence-corrected chi connectivity index (χ0v) is 12.1. The van der Waals surface area contributed by atoms with Crippen LogP contribution >= 0.6 is 0 Å². The first kappa shape index (κ1) is 15.1. The smallest absolute Gasteiger partial charge is 0.328 e. The number of morpholine rings is 1. The minimum Gasteiger partial charge on any atom is -0.480 e. The lowest BCUT2D eigenvalue weighted by Gasteiger charge is -2.37. The van der Waals surface area contributed by atoms with E-state index >= 15 is 0 Å². The lowest BCUT2D eigenvalue weighted by Crippen LogP contribution is -2.56. The Morgan fingerprint density at radius 3 is 2.65 bits per heavy atom. The molecule has 6 heteroatoms. The maximum absolute atomic E-state index is 12.4. The van der Waals surface area contributed by atoms with Crippen LogP contribution in [0.2, 0.25) is 0 Å². The molecule has 1 aliphatic carbocycles. The Balaban J connectivity index is 1.92. The second-order valence-corrected chi connectivity index (χ2v) is 5.79. The van der Waals surface area contributed by atoms with E-state index in [9.17, 15) is 9.59 Å². The summed E-state index contributed by atoms with van der Waals surface area (Å²) in [6.07, 6.45) is 6.11. The molecule has 1 aliphatic heterocycles. The third kappa shape index (κ3) is 3.62. The molecule has 1 atom stereocenters. The van der Waals surface area contributed by atoms with Crippen LogP contribution in [0.5, 0.6) is 0 Å². The molecular weight excluding hydrogens is 260 g/mol. The van der Waals surface area contributed by atoms with Gasteiger partial charge in [0.15, 0.2) is 6.04 Å². The maximum Gasteiger partial charge on any atom is 0.328 e. The van der Waals surface area contributed by atoms with Gasteiger partial charge in [-0.3, -0.25) is 0 Å². The van der Waals surface area contributed by atoms with Crippen LogP contribution in [-0.4, -0.2) is 66.3 Å². The Morgan fingerprint density at radius 1 is 1.30 bits per heavy atom. The summed E-state index contributed by atoms with van der Waals surface area (Å²) in [5.74, 6) is -0.439. The minimum absolute atomic E-state index is 0.0817. The third-order valence-electron chi connectivity index (χ3n) is 4.24. The van der Waals surface area contributed by atoms with Gasteiger partial charge in [-0.2, -0.15) is 0 Å². The second-order valence-electron chi connectivity index (χ2n) is 5.79. The zero-order chi connectivity index (χ0) is 14.5. The predicted molar refractivity (Wildman–Crippen MR) is 73.5 cm³/mol. The number of carbonyl (C=O) groups excluding carboxylic acids is 1. The molecular formula is C14H24N2O4. The molecule has 0 aromatic rings. The fourth-order valence-corrected chi connectivity index (χ4v) is 3.09. The number of carbonyl (C=O) groups is 2. The number of carboxylic acid groups (broad SMARTS) is 1. The fourth-order valence-electron chi connectivity index (χ4n) is 3.09. The van der Waals surface area contributed by atoms with Crippen molar-refractivity contribution in [2.24, 2.45) is 5.92 Å². The largest absolute Gasteiger partial charge is 0.480 e. The molecule has 2 amide bonds. The van der Waals surface area contributed by atoms with Gasteiger partial charge in [0.2, 0.25) is 0 Å². The number of nitrogens with zero attached hydrogens (tertiary/aromatic N) is 2. The average molecular weight is 284 g/mol. The maximum atomic E-state index is 12.4. The van der Waals surface area contributed by atoms with E-state index in [1.807, 2.05) is 0 Å². The Hall–Kier alpha value is -1.30. The second kappa shape index (κ2) is 6.92. The Kier molecular flexibility index (Phi) is 5.23. The summed E-state index contributed by atoms with van der Waals surface area (Å²) in [6.45, 7) is 1.57. The van der Waals surface area contributed by atoms with Gasteiger partial charge >= 0.3 is 12.0 Å². The van der Waals surface area contributed by atoms with Crippen LogP contribution in [0.25, 0.3) is 0 Å². The molecule has 2 rings (SSSR count). The molecule has 2 aliphatic rings. The summed E-state index contributed by atoms with van der Waals surface area (Å²) in [7, 11) is 1.77. The van der Waals surface area contributed by atoms with E-state index in [-0.39, 0.29) is 12.6 Å². The quantitative estimate of drug-likeness (QED) is 0.850. The van der Waals surface area contributed by atoms with Gasteiger partial charge in [0.25, 0.3) is 0 Å². The zero-order valence-electron chi connectivity index (χ0n) is 12.1. The van der Waals surface area contributed by atoms with Gasteiger partial charge in [-0.25, -0.2) is 9.59 Å². The van der Waals surface area contributed by atoms with Gasteiger partial charge in [-0.15, -0.1) is 0 Å². The van der Waals surface area contributed by atoms with Crippen LogP contribution in [0.4, 0.5) is 4.79 Å². The van der Waals surface area contributed by atoms with Crippen molar-refractivity contribution in [1.29, 1.82) is 0 Å². The number of hydrogen-bond acceptors (Lipinski definition) is 3. The van der Waals surface area contributed by atoms with Gasteiger partial charge in [0, 0.05) is 20.1 Å². The van der Waals surface area contributed by atoms with Crippen LogP contribution in [-0.2, 0) is 9.53 Å². The van der Waals surface area contributed by atoms with Crippen LogP contribution in [0.15, 0.2) is 0 Å². The number of ether oxygens (including phenoxy) is 1. The Bertz CT molecular complexity index is 355. The van der Waals surface area contributed by atoms with Crippen molar-refractivity contribution < 1.29 is 19.4 Å². The summed E-state index contributed by atoms with van der Waals surface area (Å²) in [6, 6.07) is -1.05. The van der Waals surface area contributed by atoms with E-state index in [0.29, 0.717) is 19.1 Å². The lowest BCUT2D eigenvalue weighted by molar-refractivity contribution is -0.147. The van der Waals surface area contributed by atoms with E-state index < -0.39 is 12.0 Å². The van der Waals surface area contributed by atoms with Crippen LogP contribution < -0.4 is 0 Å². The van der Waals surface area contributed by atoms with Crippen molar-refractivity contribution in [1.82, 2.24) is 9.80 Å². The number of urea groups is 1. The first-order valence-corrected chi connectivity index (χ1v) is 7.42. The molecule has 0 aromatic heterocycles. The molecule has 1 heterocycles. The highest BCUT2D eigenvalue weighted by Crippen LogP contribution is 2.24. The van der Waals surface area contributed by atoms with Gasteiger partial charge in [-0.1, -0.05) is 19.3 Å². The van der Waals surface area contributed by atoms with Crippen molar-refractivity contribution in [3.63, 3.8) is 0 Å². The summed E-state index contributed by atoms with van der Waals surface area (Å²) in [5.41, 5.74) is 0. The molecule has 0 aromatic carbocycles. The third-order valence-corrected chi connectivity index (χ3v) is 4.24. The van der Waals surface area contributed by atoms with Crippen LogP contribution in [0.3, 0.4) is 0 Å². The fraction of sp³-hybridized carbons (Fsp3) is 0.857. The van der Waals surface area contributed by atoms with Gasteiger partial charge in [0.1, 0.15) is 0 Å². The molecule has 0 bridgehead atoms. The molecule has 0 radical (unpaired) electrons. The van der Waals surface area contributed by atoms with E-state index in [1.54, 1.807) is 11.9 Å². The highest BCUT2D eigenvalue weighted by Gasteiger charge is 2.34. The van der Waals surface area contributed by atoms with Crippen molar-refractivity contribution in [2.75, 3.05) is 33.4 Å². The molecule has 20 heavy (non-hydrogen) atoms. The summed E-state index contributed by atoms with van der Waals surface area (Å²) in [5, 5.41) is 9.17. The number of aliphatic carboxylic acids is 1. The van der Waals surface area contributed by atoms with Crippen LogP contribution in [0.1, 0.15) is 32.1 Å². The van der Waals surface area contributed by atoms with Crippen molar-refractivity contribution >= 4 is 12.0 Å². The summed E-state index contributed by atoms with van der Waals surface area (Å²) < 4.78 is 5.16. The van der Waals surface area contributed by atoms with Gasteiger partial charge in [0.05, 0.1) is 13.2 Å². The first-order chi connectivity index (χ1) is 9.59. The summed E-state index contributed by atoms with van der Waals surface area (Å²) in [4.78, 5) is 26.7. The molecule has 2 fully saturated rings. The van der Waals surface area contributed by atoms with E-state index in [4.69, 9.17) is 9.84 Å². The molecule has 1 saturated heterocycles. The monoisotopic (exact) mass is 284 g/mol. The Morgan fingerprint density at radius 2 is 2.00 bits per heavy atom.